The number of benzene rings is 2. The monoisotopic (exact) mass is 473 g/mol. The van der Waals surface area contributed by atoms with Gasteiger partial charge in [-0.3, -0.25) is 9.59 Å². The summed E-state index contributed by atoms with van der Waals surface area (Å²) in [6.07, 6.45) is 0.100. The number of halogens is 1. The fourth-order valence-electron chi connectivity index (χ4n) is 2.58. The van der Waals surface area contributed by atoms with Crippen LogP contribution < -0.4 is 10.6 Å². The first-order valence-corrected chi connectivity index (χ1v) is 10.6. The highest BCUT2D eigenvalue weighted by atomic mass is 79.9. The van der Waals surface area contributed by atoms with Crippen LogP contribution in [0.25, 0.3) is 0 Å². The second-order valence-corrected chi connectivity index (χ2v) is 8.20. The summed E-state index contributed by atoms with van der Waals surface area (Å²) in [5.74, 6) is 0.418. The molecular formula is C20H20BrN5O2S. The predicted octanol–water partition coefficient (Wildman–Crippen LogP) is 3.80. The highest BCUT2D eigenvalue weighted by Gasteiger charge is 2.15. The molecule has 3 rings (SSSR count). The third kappa shape index (κ3) is 5.91. The molecule has 0 aliphatic heterocycles. The van der Waals surface area contributed by atoms with E-state index < -0.39 is 0 Å². The average molecular weight is 474 g/mol. The smallest absolute Gasteiger partial charge is 0.234 e. The minimum absolute atomic E-state index is 0.100. The number of nitrogens with zero attached hydrogens (tertiary/aromatic N) is 3. The summed E-state index contributed by atoms with van der Waals surface area (Å²) in [6, 6.07) is 14.9. The third-order valence-electron chi connectivity index (χ3n) is 4.10. The van der Waals surface area contributed by atoms with Crippen molar-refractivity contribution < 1.29 is 9.59 Å². The number of aromatic nitrogens is 3. The van der Waals surface area contributed by atoms with Crippen LogP contribution >= 0.6 is 27.7 Å². The highest BCUT2D eigenvalue weighted by molar-refractivity contribution is 9.10. The van der Waals surface area contributed by atoms with Gasteiger partial charge in [-0.1, -0.05) is 45.9 Å². The molecule has 2 N–H and O–H groups in total. The topological polar surface area (TPSA) is 88.9 Å². The lowest BCUT2D eigenvalue weighted by Gasteiger charge is -2.08. The van der Waals surface area contributed by atoms with Gasteiger partial charge in [0.2, 0.25) is 11.8 Å². The van der Waals surface area contributed by atoms with Crippen molar-refractivity contribution in [2.45, 2.75) is 18.5 Å². The Balaban J connectivity index is 1.53. The number of carbonyl (C=O) groups is 2. The molecule has 0 atom stereocenters. The van der Waals surface area contributed by atoms with E-state index in [0.29, 0.717) is 11.0 Å². The van der Waals surface area contributed by atoms with E-state index in [2.05, 4.69) is 36.8 Å². The van der Waals surface area contributed by atoms with E-state index in [4.69, 9.17) is 0 Å². The number of hydrogen-bond donors (Lipinski definition) is 2. The Bertz CT molecular complexity index is 1020. The van der Waals surface area contributed by atoms with Crippen molar-refractivity contribution in [3.8, 4) is 0 Å². The zero-order valence-corrected chi connectivity index (χ0v) is 18.4. The number of amides is 2. The Morgan fingerprint density at radius 3 is 2.55 bits per heavy atom. The number of aryl methyl sites for hydroxylation is 1. The first kappa shape index (κ1) is 21.1. The quantitative estimate of drug-likeness (QED) is 0.509. The molecule has 29 heavy (non-hydrogen) atoms. The Labute approximate surface area is 181 Å². The van der Waals surface area contributed by atoms with E-state index in [-0.39, 0.29) is 24.0 Å². The average Bonchev–Trinajstić information content (AvgIpc) is 3.03. The summed E-state index contributed by atoms with van der Waals surface area (Å²) in [6.45, 7) is 1.93. The Morgan fingerprint density at radius 1 is 1.07 bits per heavy atom. The van der Waals surface area contributed by atoms with Gasteiger partial charge in [0.25, 0.3) is 0 Å². The number of rotatable bonds is 7. The van der Waals surface area contributed by atoms with Crippen LogP contribution in [-0.2, 0) is 23.1 Å². The van der Waals surface area contributed by atoms with Gasteiger partial charge in [-0.25, -0.2) is 0 Å². The lowest BCUT2D eigenvalue weighted by molar-refractivity contribution is -0.116. The van der Waals surface area contributed by atoms with E-state index in [9.17, 15) is 9.59 Å². The van der Waals surface area contributed by atoms with Crippen LogP contribution in [0, 0.1) is 6.92 Å². The van der Waals surface area contributed by atoms with Gasteiger partial charge in [0, 0.05) is 22.9 Å². The Hall–Kier alpha value is -2.65. The maximum atomic E-state index is 12.3. The molecular weight excluding hydrogens is 454 g/mol. The molecule has 0 fully saturated rings. The fourth-order valence-corrected chi connectivity index (χ4v) is 3.78. The molecule has 0 spiro atoms. The van der Waals surface area contributed by atoms with Crippen molar-refractivity contribution in [1.29, 1.82) is 0 Å². The molecule has 1 heterocycles. The molecule has 0 aliphatic carbocycles. The first-order valence-electron chi connectivity index (χ1n) is 8.84. The van der Waals surface area contributed by atoms with Crippen molar-refractivity contribution in [1.82, 2.24) is 14.8 Å². The molecule has 2 amide bonds. The van der Waals surface area contributed by atoms with E-state index >= 15 is 0 Å². The van der Waals surface area contributed by atoms with Crippen LogP contribution in [0.5, 0.6) is 0 Å². The molecule has 150 valence electrons. The molecule has 0 saturated heterocycles. The van der Waals surface area contributed by atoms with E-state index in [1.807, 2.05) is 55.5 Å². The molecule has 0 bridgehead atoms. The second kappa shape index (κ2) is 9.71. The normalized spacial score (nSPS) is 10.6. The maximum Gasteiger partial charge on any atom is 0.234 e. The molecule has 0 unspecified atom stereocenters. The van der Waals surface area contributed by atoms with Gasteiger partial charge in [-0.15, -0.1) is 10.2 Å². The van der Waals surface area contributed by atoms with Crippen molar-refractivity contribution in [2.24, 2.45) is 7.05 Å². The van der Waals surface area contributed by atoms with Gasteiger partial charge in [0.05, 0.1) is 12.2 Å². The minimum atomic E-state index is -0.174. The zero-order valence-electron chi connectivity index (χ0n) is 16.0. The minimum Gasteiger partial charge on any atom is -0.326 e. The summed E-state index contributed by atoms with van der Waals surface area (Å²) in [5.41, 5.74) is 2.48. The maximum absolute atomic E-state index is 12.3. The Morgan fingerprint density at radius 2 is 1.83 bits per heavy atom. The van der Waals surface area contributed by atoms with E-state index in [1.54, 1.807) is 11.6 Å². The van der Waals surface area contributed by atoms with Gasteiger partial charge in [-0.05, 0) is 42.8 Å². The van der Waals surface area contributed by atoms with Gasteiger partial charge in [-0.2, -0.15) is 0 Å². The molecule has 0 aliphatic rings. The SMILES string of the molecule is Cc1cc(Br)ccc1NC(=O)CSc1nnc(CC(=O)Nc2ccccc2)n1C. The third-order valence-corrected chi connectivity index (χ3v) is 5.61. The molecule has 2 aromatic carbocycles. The van der Waals surface area contributed by atoms with Crippen molar-refractivity contribution in [3.63, 3.8) is 0 Å². The number of thioether (sulfide) groups is 1. The van der Waals surface area contributed by atoms with Gasteiger partial charge in [0.1, 0.15) is 5.82 Å². The van der Waals surface area contributed by atoms with E-state index in [0.717, 1.165) is 21.4 Å². The lowest BCUT2D eigenvalue weighted by Crippen LogP contribution is -2.17. The van der Waals surface area contributed by atoms with Gasteiger partial charge in [0.15, 0.2) is 5.16 Å². The van der Waals surface area contributed by atoms with Crippen LogP contribution in [-0.4, -0.2) is 32.3 Å². The van der Waals surface area contributed by atoms with Gasteiger partial charge >= 0.3 is 0 Å². The van der Waals surface area contributed by atoms with Crippen molar-refractivity contribution >= 4 is 50.9 Å². The van der Waals surface area contributed by atoms with Crippen LogP contribution in [0.4, 0.5) is 11.4 Å². The van der Waals surface area contributed by atoms with E-state index in [1.165, 1.54) is 11.8 Å². The molecule has 1 aromatic heterocycles. The molecule has 7 nitrogen and oxygen atoms in total. The van der Waals surface area contributed by atoms with Crippen LogP contribution in [0.15, 0.2) is 58.2 Å². The Kier molecular flexibility index (Phi) is 7.05. The summed E-state index contributed by atoms with van der Waals surface area (Å²) in [5, 5.41) is 14.5. The largest absolute Gasteiger partial charge is 0.326 e. The summed E-state index contributed by atoms with van der Waals surface area (Å²) in [7, 11) is 1.78. The number of carbonyl (C=O) groups excluding carboxylic acids is 2. The molecule has 3 aromatic rings. The summed E-state index contributed by atoms with van der Waals surface area (Å²) < 4.78 is 2.69. The van der Waals surface area contributed by atoms with Crippen LogP contribution in [0.1, 0.15) is 11.4 Å². The molecule has 0 saturated carbocycles. The number of para-hydroxylation sites is 1. The van der Waals surface area contributed by atoms with Crippen LogP contribution in [0.3, 0.4) is 0 Å². The van der Waals surface area contributed by atoms with Crippen molar-refractivity contribution in [3.05, 3.63) is 64.4 Å². The first-order chi connectivity index (χ1) is 13.9. The fraction of sp³-hybridized carbons (Fsp3) is 0.200. The van der Waals surface area contributed by atoms with Crippen molar-refractivity contribution in [2.75, 3.05) is 16.4 Å². The number of nitrogens with one attached hydrogen (secondary N) is 2. The van der Waals surface area contributed by atoms with Crippen LogP contribution in [0.2, 0.25) is 0 Å². The summed E-state index contributed by atoms with van der Waals surface area (Å²) >= 11 is 4.68. The zero-order chi connectivity index (χ0) is 20.8. The molecule has 9 heteroatoms. The number of anilines is 2. The highest BCUT2D eigenvalue weighted by Crippen LogP contribution is 2.21. The summed E-state index contributed by atoms with van der Waals surface area (Å²) in [4.78, 5) is 24.5. The second-order valence-electron chi connectivity index (χ2n) is 6.34. The standard InChI is InChI=1S/C20H20BrN5O2S/c1-13-10-14(21)8-9-16(13)23-19(28)12-29-20-25-24-17(26(20)2)11-18(27)22-15-6-4-3-5-7-15/h3-10H,11-12H2,1-2H3,(H,22,27)(H,23,28). The number of hydrogen-bond acceptors (Lipinski definition) is 5. The predicted molar refractivity (Wildman–Crippen MR) is 118 cm³/mol. The lowest BCUT2D eigenvalue weighted by atomic mass is 10.2. The van der Waals surface area contributed by atoms with Gasteiger partial charge < -0.3 is 15.2 Å². The molecule has 0 radical (unpaired) electrons.